The summed E-state index contributed by atoms with van der Waals surface area (Å²) in [5.74, 6) is -0.0889. The van der Waals surface area contributed by atoms with Crippen molar-refractivity contribution < 1.29 is 18.0 Å². The van der Waals surface area contributed by atoms with Crippen molar-refractivity contribution in [3.05, 3.63) is 0 Å². The molecule has 1 saturated carbocycles. The van der Waals surface area contributed by atoms with E-state index in [9.17, 15) is 18.0 Å². The van der Waals surface area contributed by atoms with E-state index < -0.39 is 18.6 Å². The molecule has 1 fully saturated rings. The van der Waals surface area contributed by atoms with Crippen LogP contribution in [-0.4, -0.2) is 30.7 Å². The summed E-state index contributed by atoms with van der Waals surface area (Å²) in [5, 5.41) is 4.81. The number of nitrogens with one attached hydrogen (secondary N) is 2. The van der Waals surface area contributed by atoms with Crippen LogP contribution in [0.4, 0.5) is 13.2 Å². The van der Waals surface area contributed by atoms with Gasteiger partial charge in [0.2, 0.25) is 5.91 Å². The molecule has 0 unspecified atom stereocenters. The van der Waals surface area contributed by atoms with Gasteiger partial charge in [0.1, 0.15) is 6.54 Å². The number of hydrogen-bond donors (Lipinski definition) is 2. The van der Waals surface area contributed by atoms with Crippen molar-refractivity contribution in [2.45, 2.75) is 38.4 Å². The van der Waals surface area contributed by atoms with Gasteiger partial charge in [-0.05, 0) is 32.6 Å². The van der Waals surface area contributed by atoms with Crippen molar-refractivity contribution in [1.82, 2.24) is 10.6 Å². The summed E-state index contributed by atoms with van der Waals surface area (Å²) in [6.07, 6.45) is -2.12. The molecule has 0 aromatic carbocycles. The quantitative estimate of drug-likeness (QED) is 0.761. The number of halogens is 3. The van der Waals surface area contributed by atoms with Gasteiger partial charge in [-0.1, -0.05) is 0 Å². The minimum Gasteiger partial charge on any atom is -0.346 e. The topological polar surface area (TPSA) is 41.1 Å². The molecule has 1 rings (SSSR count). The second-order valence-corrected chi connectivity index (χ2v) is 4.74. The van der Waals surface area contributed by atoms with Crippen molar-refractivity contribution >= 4 is 5.91 Å². The van der Waals surface area contributed by atoms with Crippen LogP contribution in [0.5, 0.6) is 0 Å². The maximum atomic E-state index is 11.8. The van der Waals surface area contributed by atoms with Crippen molar-refractivity contribution in [2.24, 2.45) is 5.92 Å². The first-order chi connectivity index (χ1) is 7.21. The van der Waals surface area contributed by atoms with E-state index in [-0.39, 0.29) is 12.1 Å². The molecule has 0 aliphatic heterocycles. The van der Waals surface area contributed by atoms with Crippen LogP contribution in [0.3, 0.4) is 0 Å². The van der Waals surface area contributed by atoms with Crippen molar-refractivity contribution in [3.8, 4) is 0 Å². The van der Waals surface area contributed by atoms with Crippen molar-refractivity contribution in [1.29, 1.82) is 0 Å². The Hall–Kier alpha value is -0.780. The number of carbonyl (C=O) groups is 1. The number of alkyl halides is 3. The highest BCUT2D eigenvalue weighted by atomic mass is 19.4. The Labute approximate surface area is 92.8 Å². The van der Waals surface area contributed by atoms with Gasteiger partial charge in [-0.3, -0.25) is 4.79 Å². The van der Waals surface area contributed by atoms with E-state index >= 15 is 0 Å². The van der Waals surface area contributed by atoms with Crippen molar-refractivity contribution in [2.75, 3.05) is 13.1 Å². The van der Waals surface area contributed by atoms with Crippen LogP contribution in [0, 0.1) is 5.92 Å². The summed E-state index contributed by atoms with van der Waals surface area (Å²) in [5.41, 5.74) is -0.171. The van der Waals surface area contributed by atoms with E-state index in [0.717, 1.165) is 12.8 Å². The Bertz CT molecular complexity index is 259. The minimum absolute atomic E-state index is 0.0699. The fourth-order valence-electron chi connectivity index (χ4n) is 1.52. The lowest BCUT2D eigenvalue weighted by Crippen LogP contribution is -2.47. The molecule has 0 bridgehead atoms. The van der Waals surface area contributed by atoms with Crippen LogP contribution in [0.15, 0.2) is 0 Å². The van der Waals surface area contributed by atoms with E-state index in [1.54, 1.807) is 0 Å². The normalized spacial score (nSPS) is 17.3. The number of carbonyl (C=O) groups excluding carboxylic acids is 1. The van der Waals surface area contributed by atoms with Gasteiger partial charge < -0.3 is 10.6 Å². The van der Waals surface area contributed by atoms with Gasteiger partial charge in [-0.15, -0.1) is 0 Å². The van der Waals surface area contributed by atoms with E-state index in [2.05, 4.69) is 5.32 Å². The molecule has 2 N–H and O–H groups in total. The Morgan fingerprint density at radius 2 is 1.88 bits per heavy atom. The molecule has 94 valence electrons. The van der Waals surface area contributed by atoms with E-state index in [0.29, 0.717) is 5.92 Å². The Kier molecular flexibility index (Phi) is 3.83. The molecule has 3 nitrogen and oxygen atoms in total. The van der Waals surface area contributed by atoms with Gasteiger partial charge in [-0.2, -0.15) is 13.2 Å². The SMILES string of the molecule is CC(C)(NCC(=O)NCC(F)(F)F)C1CC1. The smallest absolute Gasteiger partial charge is 0.346 e. The summed E-state index contributed by atoms with van der Waals surface area (Å²) in [7, 11) is 0. The first-order valence-corrected chi connectivity index (χ1v) is 5.29. The van der Waals surface area contributed by atoms with Gasteiger partial charge >= 0.3 is 6.18 Å². The maximum absolute atomic E-state index is 11.8. The third-order valence-electron chi connectivity index (χ3n) is 2.79. The number of rotatable bonds is 5. The van der Waals surface area contributed by atoms with Crippen LogP contribution in [0.1, 0.15) is 26.7 Å². The molecule has 0 heterocycles. The first-order valence-electron chi connectivity index (χ1n) is 5.29. The second-order valence-electron chi connectivity index (χ2n) is 4.74. The molecule has 0 radical (unpaired) electrons. The van der Waals surface area contributed by atoms with Gasteiger partial charge in [-0.25, -0.2) is 0 Å². The average Bonchev–Trinajstić information content (AvgIpc) is 2.93. The zero-order chi connectivity index (χ0) is 12.4. The van der Waals surface area contributed by atoms with Gasteiger partial charge in [0.25, 0.3) is 0 Å². The Morgan fingerprint density at radius 1 is 1.31 bits per heavy atom. The highest BCUT2D eigenvalue weighted by molar-refractivity contribution is 5.78. The molecular formula is C10H17F3N2O. The second kappa shape index (κ2) is 4.61. The highest BCUT2D eigenvalue weighted by Gasteiger charge is 2.37. The molecule has 1 amide bonds. The highest BCUT2D eigenvalue weighted by Crippen LogP contribution is 2.38. The minimum atomic E-state index is -4.35. The molecule has 1 aliphatic carbocycles. The summed E-state index contributed by atoms with van der Waals surface area (Å²) < 4.78 is 35.4. The lowest BCUT2D eigenvalue weighted by atomic mass is 9.99. The molecule has 0 saturated heterocycles. The Balaban J connectivity index is 2.19. The predicted molar refractivity (Wildman–Crippen MR) is 53.9 cm³/mol. The summed E-state index contributed by atoms with van der Waals surface area (Å²) in [6.45, 7) is 2.58. The lowest BCUT2D eigenvalue weighted by molar-refractivity contribution is -0.138. The van der Waals surface area contributed by atoms with Crippen molar-refractivity contribution in [3.63, 3.8) is 0 Å². The molecule has 16 heavy (non-hydrogen) atoms. The molecule has 0 aromatic heterocycles. The monoisotopic (exact) mass is 238 g/mol. The molecule has 1 aliphatic rings. The fraction of sp³-hybridized carbons (Fsp3) is 0.900. The molecule has 0 spiro atoms. The van der Waals surface area contributed by atoms with Gasteiger partial charge in [0.15, 0.2) is 0 Å². The molecule has 0 aromatic rings. The van der Waals surface area contributed by atoms with E-state index in [1.807, 2.05) is 19.2 Å². The molecule has 0 atom stereocenters. The average molecular weight is 238 g/mol. The lowest BCUT2D eigenvalue weighted by Gasteiger charge is -2.25. The summed E-state index contributed by atoms with van der Waals surface area (Å²) in [4.78, 5) is 11.1. The van der Waals surface area contributed by atoms with Crippen LogP contribution in [0.2, 0.25) is 0 Å². The fourth-order valence-corrected chi connectivity index (χ4v) is 1.52. The number of amides is 1. The van der Waals surface area contributed by atoms with Crippen LogP contribution >= 0.6 is 0 Å². The third-order valence-corrected chi connectivity index (χ3v) is 2.79. The third kappa shape index (κ3) is 4.83. The van der Waals surface area contributed by atoms with Gasteiger partial charge in [0.05, 0.1) is 6.54 Å². The molecular weight excluding hydrogens is 221 g/mol. The van der Waals surface area contributed by atoms with E-state index in [4.69, 9.17) is 0 Å². The first kappa shape index (κ1) is 13.3. The van der Waals surface area contributed by atoms with Crippen LogP contribution in [0.25, 0.3) is 0 Å². The molecule has 6 heteroatoms. The number of hydrogen-bond acceptors (Lipinski definition) is 2. The summed E-state index contributed by atoms with van der Waals surface area (Å²) in [6, 6.07) is 0. The largest absolute Gasteiger partial charge is 0.405 e. The van der Waals surface area contributed by atoms with Gasteiger partial charge in [0, 0.05) is 5.54 Å². The summed E-state index contributed by atoms with van der Waals surface area (Å²) >= 11 is 0. The van der Waals surface area contributed by atoms with Crippen LogP contribution < -0.4 is 10.6 Å². The maximum Gasteiger partial charge on any atom is 0.405 e. The van der Waals surface area contributed by atoms with Crippen LogP contribution in [-0.2, 0) is 4.79 Å². The van der Waals surface area contributed by atoms with E-state index in [1.165, 1.54) is 0 Å². The Morgan fingerprint density at radius 3 is 2.31 bits per heavy atom. The predicted octanol–water partition coefficient (Wildman–Crippen LogP) is 1.44. The zero-order valence-electron chi connectivity index (χ0n) is 9.45. The zero-order valence-corrected chi connectivity index (χ0v) is 9.45. The standard InChI is InChI=1S/C10H17F3N2O/c1-9(2,7-3-4-7)15-5-8(16)14-6-10(11,12)13/h7,15H,3-6H2,1-2H3,(H,14,16).